The molecule has 0 saturated heterocycles. The van der Waals surface area contributed by atoms with Gasteiger partial charge < -0.3 is 28.4 Å². The van der Waals surface area contributed by atoms with Crippen molar-refractivity contribution in [2.75, 3.05) is 26.4 Å². The Morgan fingerprint density at radius 1 is 0.389 bits per heavy atom. The van der Waals surface area contributed by atoms with Gasteiger partial charge in [-0.25, -0.2) is 9.59 Å². The van der Waals surface area contributed by atoms with Crippen LogP contribution < -0.4 is 0 Å². The number of hydrogen-bond acceptors (Lipinski definition) is 12. The van der Waals surface area contributed by atoms with Crippen molar-refractivity contribution < 1.29 is 57.2 Å². The molecule has 54 heavy (non-hydrogen) atoms. The standard InChI is InChI=1S/C42H62O12/c1-3-37(43)49-25-5-7-27-51-39(45)31-9-13-33(14-10-31)41(47)53-35-21-17-29(18-22-35)30-19-23-36(24-20-30)54-42(48)34-15-11-32(12-16-34)40(46)52-28-8-6-26-50-38(44)4-2/h3-4,29-36H,1-2,5-28H2. The predicted octanol–water partition coefficient (Wildman–Crippen LogP) is 6.91. The van der Waals surface area contributed by atoms with Gasteiger partial charge in [0.1, 0.15) is 12.2 Å². The van der Waals surface area contributed by atoms with Crippen LogP contribution >= 0.6 is 0 Å². The van der Waals surface area contributed by atoms with Gasteiger partial charge in [0.2, 0.25) is 0 Å². The van der Waals surface area contributed by atoms with Crippen LogP contribution in [0.3, 0.4) is 0 Å². The van der Waals surface area contributed by atoms with Crippen LogP contribution in [0.15, 0.2) is 25.3 Å². The Bertz CT molecular complexity index is 1150. The van der Waals surface area contributed by atoms with Crippen molar-refractivity contribution >= 4 is 35.8 Å². The lowest BCUT2D eigenvalue weighted by Crippen LogP contribution is -2.35. The molecule has 0 spiro atoms. The van der Waals surface area contributed by atoms with Crippen molar-refractivity contribution in [2.45, 2.75) is 141 Å². The topological polar surface area (TPSA) is 158 Å². The van der Waals surface area contributed by atoms with Gasteiger partial charge in [0.05, 0.1) is 50.1 Å². The second kappa shape index (κ2) is 23.3. The molecule has 4 aliphatic rings. The number of carbonyl (C=O) groups is 6. The number of carbonyl (C=O) groups excluding carboxylic acids is 6. The summed E-state index contributed by atoms with van der Waals surface area (Å²) in [5.74, 6) is -1.12. The zero-order valence-electron chi connectivity index (χ0n) is 32.1. The molecule has 4 saturated carbocycles. The Balaban J connectivity index is 1.02. The smallest absolute Gasteiger partial charge is 0.330 e. The maximum absolute atomic E-state index is 13.0. The zero-order valence-corrected chi connectivity index (χ0v) is 32.1. The monoisotopic (exact) mass is 758 g/mol. The van der Waals surface area contributed by atoms with Gasteiger partial charge in [0.25, 0.3) is 0 Å². The largest absolute Gasteiger partial charge is 0.465 e. The molecule has 4 rings (SSSR count). The molecule has 0 aromatic carbocycles. The van der Waals surface area contributed by atoms with E-state index < -0.39 is 11.9 Å². The number of ether oxygens (including phenoxy) is 6. The van der Waals surface area contributed by atoms with Crippen molar-refractivity contribution in [3.63, 3.8) is 0 Å². The molecule has 0 atom stereocenters. The number of esters is 6. The summed E-state index contributed by atoms with van der Waals surface area (Å²) in [7, 11) is 0. The van der Waals surface area contributed by atoms with Crippen LogP contribution in [0.1, 0.15) is 128 Å². The Labute approximate surface area is 320 Å². The Kier molecular flexibility index (Phi) is 18.5. The van der Waals surface area contributed by atoms with Crippen molar-refractivity contribution in [1.82, 2.24) is 0 Å². The first kappa shape index (κ1) is 43.0. The molecule has 0 aromatic heterocycles. The maximum atomic E-state index is 13.0. The second-order valence-corrected chi connectivity index (χ2v) is 15.5. The van der Waals surface area contributed by atoms with Crippen LogP contribution in [-0.4, -0.2) is 74.5 Å². The van der Waals surface area contributed by atoms with E-state index in [1.807, 2.05) is 0 Å². The zero-order chi connectivity index (χ0) is 38.7. The van der Waals surface area contributed by atoms with Gasteiger partial charge in [-0.15, -0.1) is 0 Å². The highest BCUT2D eigenvalue weighted by atomic mass is 16.6. The fourth-order valence-electron chi connectivity index (χ4n) is 8.46. The Morgan fingerprint density at radius 3 is 0.963 bits per heavy atom. The van der Waals surface area contributed by atoms with E-state index in [0.29, 0.717) is 88.9 Å². The summed E-state index contributed by atoms with van der Waals surface area (Å²) >= 11 is 0. The molecule has 0 unspecified atom stereocenters. The average Bonchev–Trinajstić information content (AvgIpc) is 3.20. The highest BCUT2D eigenvalue weighted by Crippen LogP contribution is 2.41. The molecule has 4 fully saturated rings. The van der Waals surface area contributed by atoms with Crippen molar-refractivity contribution in [3.05, 3.63) is 25.3 Å². The first-order valence-corrected chi connectivity index (χ1v) is 20.5. The van der Waals surface area contributed by atoms with Crippen LogP contribution in [0.4, 0.5) is 0 Å². The summed E-state index contributed by atoms with van der Waals surface area (Å²) in [6, 6.07) is 0. The van der Waals surface area contributed by atoms with E-state index in [1.54, 1.807) is 0 Å². The van der Waals surface area contributed by atoms with Crippen LogP contribution in [0.25, 0.3) is 0 Å². The van der Waals surface area contributed by atoms with Crippen molar-refractivity contribution in [2.24, 2.45) is 35.5 Å². The predicted molar refractivity (Wildman–Crippen MR) is 197 cm³/mol. The molecular formula is C42H62O12. The molecule has 302 valence electrons. The average molecular weight is 759 g/mol. The fraction of sp³-hybridized carbons (Fsp3) is 0.762. The first-order valence-electron chi connectivity index (χ1n) is 20.5. The number of rotatable bonds is 19. The van der Waals surface area contributed by atoms with Crippen LogP contribution in [-0.2, 0) is 57.2 Å². The highest BCUT2D eigenvalue weighted by molar-refractivity contribution is 5.81. The number of unbranched alkanes of at least 4 members (excludes halogenated alkanes) is 2. The molecule has 12 heteroatoms. The molecule has 12 nitrogen and oxygen atoms in total. The van der Waals surface area contributed by atoms with Gasteiger partial charge in [-0.2, -0.15) is 0 Å². The summed E-state index contributed by atoms with van der Waals surface area (Å²) in [5, 5.41) is 0. The van der Waals surface area contributed by atoms with Crippen LogP contribution in [0.5, 0.6) is 0 Å². The molecule has 0 bridgehead atoms. The minimum absolute atomic E-state index is 0.0444. The summed E-state index contributed by atoms with van der Waals surface area (Å²) in [6.07, 6.45) is 17.3. The molecule has 0 aromatic rings. The third kappa shape index (κ3) is 14.5. The second-order valence-electron chi connectivity index (χ2n) is 15.5. The Morgan fingerprint density at radius 2 is 0.667 bits per heavy atom. The van der Waals surface area contributed by atoms with E-state index in [1.165, 1.54) is 0 Å². The third-order valence-corrected chi connectivity index (χ3v) is 11.8. The molecule has 0 aliphatic heterocycles. The van der Waals surface area contributed by atoms with Gasteiger partial charge in [-0.3, -0.25) is 19.2 Å². The number of hydrogen-bond donors (Lipinski definition) is 0. The van der Waals surface area contributed by atoms with E-state index in [9.17, 15) is 28.8 Å². The highest BCUT2D eigenvalue weighted by Gasteiger charge is 2.37. The molecular weight excluding hydrogens is 696 g/mol. The third-order valence-electron chi connectivity index (χ3n) is 11.8. The molecule has 0 heterocycles. The molecule has 0 radical (unpaired) electrons. The summed E-state index contributed by atoms with van der Waals surface area (Å²) in [5.41, 5.74) is 0. The van der Waals surface area contributed by atoms with Gasteiger partial charge >= 0.3 is 35.8 Å². The SMILES string of the molecule is C=CC(=O)OCCCCOC(=O)C1CCC(C(=O)OC2CCC(C3CCC(OC(=O)C4CCC(C(=O)OCCCCOC(=O)C=C)CC4)CC3)CC2)CC1. The van der Waals surface area contributed by atoms with Crippen LogP contribution in [0, 0.1) is 35.5 Å². The minimum Gasteiger partial charge on any atom is -0.465 e. The molecule has 0 N–H and O–H groups in total. The van der Waals surface area contributed by atoms with E-state index in [4.69, 9.17) is 28.4 Å². The maximum Gasteiger partial charge on any atom is 0.330 e. The molecule has 0 amide bonds. The lowest BCUT2D eigenvalue weighted by atomic mass is 9.72. The van der Waals surface area contributed by atoms with E-state index in [-0.39, 0.29) is 86.2 Å². The fourth-order valence-corrected chi connectivity index (χ4v) is 8.46. The lowest BCUT2D eigenvalue weighted by molar-refractivity contribution is -0.161. The summed E-state index contributed by atoms with van der Waals surface area (Å²) in [4.78, 5) is 73.1. The normalized spacial score (nSPS) is 28.4. The quantitative estimate of drug-likeness (QED) is 0.0581. The summed E-state index contributed by atoms with van der Waals surface area (Å²) in [6.45, 7) is 7.82. The van der Waals surface area contributed by atoms with Crippen molar-refractivity contribution in [3.8, 4) is 0 Å². The van der Waals surface area contributed by atoms with Gasteiger partial charge in [-0.05, 0) is 140 Å². The Hall–Kier alpha value is -3.70. The lowest BCUT2D eigenvalue weighted by Gasteiger charge is -2.38. The first-order chi connectivity index (χ1) is 26.2. The molecule has 4 aliphatic carbocycles. The van der Waals surface area contributed by atoms with Gasteiger partial charge in [-0.1, -0.05) is 13.2 Å². The van der Waals surface area contributed by atoms with Crippen LogP contribution in [0.2, 0.25) is 0 Å². The van der Waals surface area contributed by atoms with Crippen molar-refractivity contribution in [1.29, 1.82) is 0 Å². The van der Waals surface area contributed by atoms with E-state index in [2.05, 4.69) is 13.2 Å². The van der Waals surface area contributed by atoms with Gasteiger partial charge in [0, 0.05) is 12.2 Å². The van der Waals surface area contributed by atoms with Gasteiger partial charge in [0.15, 0.2) is 0 Å². The summed E-state index contributed by atoms with van der Waals surface area (Å²) < 4.78 is 32.6. The minimum atomic E-state index is -0.459. The van der Waals surface area contributed by atoms with E-state index >= 15 is 0 Å². The van der Waals surface area contributed by atoms with E-state index in [0.717, 1.165) is 63.5 Å².